The third kappa shape index (κ3) is 5.06. The number of aliphatic hydroxyl groups is 1. The number of hydrogen-bond donors (Lipinski definition) is 2. The van der Waals surface area contributed by atoms with Crippen LogP contribution in [0.1, 0.15) is 24.4 Å². The van der Waals surface area contributed by atoms with Gasteiger partial charge in [-0.15, -0.1) is 0 Å². The lowest BCUT2D eigenvalue weighted by Crippen LogP contribution is -2.32. The van der Waals surface area contributed by atoms with Gasteiger partial charge >= 0.3 is 0 Å². The number of nitrogens with one attached hydrogen (secondary N) is 1. The summed E-state index contributed by atoms with van der Waals surface area (Å²) in [5, 5.41) is 17.5. The molecule has 0 radical (unpaired) electrons. The van der Waals surface area contributed by atoms with E-state index in [-0.39, 0.29) is 29.2 Å². The third-order valence-corrected chi connectivity index (χ3v) is 4.33. The Balaban J connectivity index is 2.81. The van der Waals surface area contributed by atoms with Crippen LogP contribution in [0.15, 0.2) is 18.2 Å². The van der Waals surface area contributed by atoms with Crippen LogP contribution in [0.2, 0.25) is 5.02 Å². The first-order chi connectivity index (χ1) is 9.39. The van der Waals surface area contributed by atoms with Crippen molar-refractivity contribution < 1.29 is 17.9 Å². The molecule has 0 spiro atoms. The molecule has 0 bridgehead atoms. The predicted molar refractivity (Wildman–Crippen MR) is 73.0 cm³/mol. The summed E-state index contributed by atoms with van der Waals surface area (Å²) in [4.78, 5) is 0. The SMILES string of the molecule is N#CCCCS(=O)(=O)NC(CO)c1ccc(Cl)c(F)c1. The van der Waals surface area contributed by atoms with Gasteiger partial charge in [0.1, 0.15) is 5.82 Å². The zero-order valence-corrected chi connectivity index (χ0v) is 12.1. The minimum absolute atomic E-state index is 0.0812. The number of nitrogens with zero attached hydrogens (tertiary/aromatic N) is 1. The van der Waals surface area contributed by atoms with Crippen molar-refractivity contribution in [2.24, 2.45) is 0 Å². The smallest absolute Gasteiger partial charge is 0.212 e. The topological polar surface area (TPSA) is 90.2 Å². The third-order valence-electron chi connectivity index (χ3n) is 2.55. The Morgan fingerprint density at radius 3 is 2.75 bits per heavy atom. The number of rotatable bonds is 7. The molecule has 0 saturated carbocycles. The van der Waals surface area contributed by atoms with E-state index in [2.05, 4.69) is 4.72 Å². The summed E-state index contributed by atoms with van der Waals surface area (Å²) in [5.41, 5.74) is 0.276. The van der Waals surface area contributed by atoms with Crippen LogP contribution in [0, 0.1) is 17.1 Å². The van der Waals surface area contributed by atoms with E-state index in [1.165, 1.54) is 12.1 Å². The van der Waals surface area contributed by atoms with Crippen molar-refractivity contribution in [1.82, 2.24) is 4.72 Å². The van der Waals surface area contributed by atoms with Gasteiger partial charge in [0, 0.05) is 6.42 Å². The van der Waals surface area contributed by atoms with Crippen LogP contribution < -0.4 is 4.72 Å². The Labute approximate surface area is 122 Å². The van der Waals surface area contributed by atoms with E-state index in [1.807, 2.05) is 6.07 Å². The van der Waals surface area contributed by atoms with Crippen molar-refractivity contribution in [2.45, 2.75) is 18.9 Å². The molecule has 1 aromatic rings. The normalized spacial score (nSPS) is 12.9. The molecule has 0 amide bonds. The molecule has 0 heterocycles. The Bertz CT molecular complexity index is 601. The molecule has 0 aromatic heterocycles. The van der Waals surface area contributed by atoms with E-state index in [0.29, 0.717) is 0 Å². The van der Waals surface area contributed by atoms with E-state index in [9.17, 15) is 17.9 Å². The Morgan fingerprint density at radius 2 is 2.20 bits per heavy atom. The highest BCUT2D eigenvalue weighted by molar-refractivity contribution is 7.89. The van der Waals surface area contributed by atoms with E-state index in [0.717, 1.165) is 6.07 Å². The molecule has 1 unspecified atom stereocenters. The van der Waals surface area contributed by atoms with Gasteiger partial charge in [0.05, 0.1) is 29.5 Å². The number of nitriles is 1. The standard InChI is InChI=1S/C12H14ClFN2O3S/c13-10-4-3-9(7-11(10)14)12(8-17)16-20(18,19)6-2-1-5-15/h3-4,7,12,16-17H,1-2,6,8H2. The molecule has 1 atom stereocenters. The van der Waals surface area contributed by atoms with Gasteiger partial charge in [0.2, 0.25) is 10.0 Å². The lowest BCUT2D eigenvalue weighted by atomic mass is 10.1. The molecular weight excluding hydrogens is 307 g/mol. The first kappa shape index (κ1) is 16.9. The minimum atomic E-state index is -3.65. The van der Waals surface area contributed by atoms with Crippen LogP contribution in [0.25, 0.3) is 0 Å². The van der Waals surface area contributed by atoms with E-state index >= 15 is 0 Å². The van der Waals surface area contributed by atoms with Crippen molar-refractivity contribution in [3.8, 4) is 6.07 Å². The molecule has 0 aliphatic carbocycles. The molecule has 8 heteroatoms. The van der Waals surface area contributed by atoms with E-state index < -0.39 is 28.5 Å². The summed E-state index contributed by atoms with van der Waals surface area (Å²) in [7, 11) is -3.65. The fourth-order valence-corrected chi connectivity index (χ4v) is 2.96. The summed E-state index contributed by atoms with van der Waals surface area (Å²) in [6.07, 6.45) is 0.319. The highest BCUT2D eigenvalue weighted by Gasteiger charge is 2.19. The quantitative estimate of drug-likeness (QED) is 0.749. The van der Waals surface area contributed by atoms with Crippen LogP contribution in [0.4, 0.5) is 4.39 Å². The zero-order chi connectivity index (χ0) is 15.2. The monoisotopic (exact) mass is 320 g/mol. The van der Waals surface area contributed by atoms with Crippen molar-refractivity contribution in [3.63, 3.8) is 0 Å². The lowest BCUT2D eigenvalue weighted by Gasteiger charge is -2.17. The van der Waals surface area contributed by atoms with Crippen LogP contribution in [0.3, 0.4) is 0 Å². The Kier molecular flexibility index (Phi) is 6.36. The van der Waals surface area contributed by atoms with Gasteiger partial charge in [0.25, 0.3) is 0 Å². The average Bonchev–Trinajstić information content (AvgIpc) is 2.39. The fourth-order valence-electron chi connectivity index (χ4n) is 1.56. The van der Waals surface area contributed by atoms with Gasteiger partial charge < -0.3 is 5.11 Å². The second-order valence-corrected chi connectivity index (χ2v) is 6.39. The first-order valence-corrected chi connectivity index (χ1v) is 7.85. The van der Waals surface area contributed by atoms with Crippen molar-refractivity contribution in [2.75, 3.05) is 12.4 Å². The number of aliphatic hydroxyl groups excluding tert-OH is 1. The van der Waals surface area contributed by atoms with Gasteiger partial charge in [-0.25, -0.2) is 17.5 Å². The van der Waals surface area contributed by atoms with E-state index in [1.54, 1.807) is 0 Å². The van der Waals surface area contributed by atoms with Crippen LogP contribution >= 0.6 is 11.6 Å². The van der Waals surface area contributed by atoms with Gasteiger partial charge in [-0.3, -0.25) is 0 Å². The van der Waals surface area contributed by atoms with Crippen molar-refractivity contribution in [1.29, 1.82) is 5.26 Å². The molecule has 0 saturated heterocycles. The maximum absolute atomic E-state index is 13.3. The summed E-state index contributed by atoms with van der Waals surface area (Å²) < 4.78 is 39.1. The number of halogens is 2. The molecule has 0 aliphatic rings. The van der Waals surface area contributed by atoms with Crippen LogP contribution in [0.5, 0.6) is 0 Å². The number of unbranched alkanes of at least 4 members (excludes halogenated alkanes) is 1. The number of hydrogen-bond acceptors (Lipinski definition) is 4. The molecule has 2 N–H and O–H groups in total. The summed E-state index contributed by atoms with van der Waals surface area (Å²) >= 11 is 5.54. The van der Waals surface area contributed by atoms with Gasteiger partial charge in [0.15, 0.2) is 0 Å². The molecule has 110 valence electrons. The summed E-state index contributed by atoms with van der Waals surface area (Å²) in [6.45, 7) is -0.515. The van der Waals surface area contributed by atoms with Crippen molar-refractivity contribution in [3.05, 3.63) is 34.6 Å². The molecule has 1 rings (SSSR count). The minimum Gasteiger partial charge on any atom is -0.394 e. The summed E-state index contributed by atoms with van der Waals surface area (Å²) in [5.74, 6) is -0.918. The van der Waals surface area contributed by atoms with Gasteiger partial charge in [-0.05, 0) is 24.1 Å². The molecular formula is C12H14ClFN2O3S. The Morgan fingerprint density at radius 1 is 1.50 bits per heavy atom. The van der Waals surface area contributed by atoms with Gasteiger partial charge in [-0.1, -0.05) is 17.7 Å². The van der Waals surface area contributed by atoms with Crippen LogP contribution in [-0.4, -0.2) is 25.9 Å². The first-order valence-electron chi connectivity index (χ1n) is 5.82. The lowest BCUT2D eigenvalue weighted by molar-refractivity contribution is 0.258. The fraction of sp³-hybridized carbons (Fsp3) is 0.417. The average molecular weight is 321 g/mol. The maximum atomic E-state index is 13.3. The molecule has 0 fully saturated rings. The van der Waals surface area contributed by atoms with Crippen LogP contribution in [-0.2, 0) is 10.0 Å². The second kappa shape index (κ2) is 7.55. The van der Waals surface area contributed by atoms with E-state index in [4.69, 9.17) is 16.9 Å². The van der Waals surface area contributed by atoms with Crippen molar-refractivity contribution >= 4 is 21.6 Å². The zero-order valence-electron chi connectivity index (χ0n) is 10.5. The number of benzene rings is 1. The molecule has 1 aromatic carbocycles. The number of sulfonamides is 1. The Hall–Kier alpha value is -1.20. The predicted octanol–water partition coefficient (Wildman–Crippen LogP) is 1.74. The molecule has 5 nitrogen and oxygen atoms in total. The van der Waals surface area contributed by atoms with Gasteiger partial charge in [-0.2, -0.15) is 5.26 Å². The summed E-state index contributed by atoms with van der Waals surface area (Å²) in [6, 6.07) is 4.69. The highest BCUT2D eigenvalue weighted by Crippen LogP contribution is 2.20. The largest absolute Gasteiger partial charge is 0.394 e. The maximum Gasteiger partial charge on any atom is 0.212 e. The molecule has 20 heavy (non-hydrogen) atoms. The second-order valence-electron chi connectivity index (χ2n) is 4.11. The highest BCUT2D eigenvalue weighted by atomic mass is 35.5. The molecule has 0 aliphatic heterocycles.